The van der Waals surface area contributed by atoms with Gasteiger partial charge in [-0.25, -0.2) is 0 Å². The fraction of sp³-hybridized carbons (Fsp3) is 0.889. The van der Waals surface area contributed by atoms with Crippen LogP contribution in [0.3, 0.4) is 0 Å². The Kier molecular flexibility index (Phi) is 5.30. The van der Waals surface area contributed by atoms with Crippen LogP contribution in [0.25, 0.3) is 0 Å². The molecule has 0 spiro atoms. The summed E-state index contributed by atoms with van der Waals surface area (Å²) in [4.78, 5) is 11.3. The number of carbonyl (C=O) groups is 1. The predicted molar refractivity (Wildman–Crippen MR) is 57.9 cm³/mol. The SMILES string of the molecule is CN(CCO[Si](C)(C)C)C(=O)C(F)(F)C(F)(F)F. The normalized spacial score (nSPS) is 13.6. The molecule has 0 heterocycles. The van der Waals surface area contributed by atoms with Crippen LogP contribution in [-0.2, 0) is 9.22 Å². The van der Waals surface area contributed by atoms with Gasteiger partial charge in [0.1, 0.15) is 0 Å². The first-order valence-electron chi connectivity index (χ1n) is 5.13. The van der Waals surface area contributed by atoms with Crippen LogP contribution in [0.15, 0.2) is 0 Å². The van der Waals surface area contributed by atoms with Crippen LogP contribution in [0.2, 0.25) is 19.6 Å². The molecule has 0 aliphatic heterocycles. The van der Waals surface area contributed by atoms with Crippen LogP contribution < -0.4 is 0 Å². The standard InChI is InChI=1S/C9H16F5NO2Si/c1-15(5-6-17-18(2,3)4)7(16)8(10,11)9(12,13)14/h5-6H2,1-4H3. The van der Waals surface area contributed by atoms with Crippen LogP contribution in [0.1, 0.15) is 0 Å². The monoisotopic (exact) mass is 293 g/mol. The van der Waals surface area contributed by atoms with Crippen LogP contribution in [0.4, 0.5) is 22.0 Å². The van der Waals surface area contributed by atoms with Gasteiger partial charge in [-0.2, -0.15) is 22.0 Å². The van der Waals surface area contributed by atoms with E-state index in [2.05, 4.69) is 0 Å². The van der Waals surface area contributed by atoms with Crippen molar-refractivity contribution in [3.63, 3.8) is 0 Å². The number of halogens is 5. The van der Waals surface area contributed by atoms with E-state index in [4.69, 9.17) is 4.43 Å². The fourth-order valence-corrected chi connectivity index (χ4v) is 1.65. The second-order valence-corrected chi connectivity index (χ2v) is 9.27. The summed E-state index contributed by atoms with van der Waals surface area (Å²) in [5.41, 5.74) is 0. The summed E-state index contributed by atoms with van der Waals surface area (Å²) < 4.78 is 66.4. The van der Waals surface area contributed by atoms with Crippen molar-refractivity contribution < 1.29 is 31.2 Å². The Morgan fingerprint density at radius 2 is 1.61 bits per heavy atom. The van der Waals surface area contributed by atoms with Crippen LogP contribution in [-0.4, -0.2) is 51.4 Å². The smallest absolute Gasteiger partial charge is 0.416 e. The summed E-state index contributed by atoms with van der Waals surface area (Å²) >= 11 is 0. The number of hydrogen-bond donors (Lipinski definition) is 0. The molecule has 0 N–H and O–H groups in total. The van der Waals surface area contributed by atoms with Gasteiger partial charge < -0.3 is 9.33 Å². The van der Waals surface area contributed by atoms with Crippen molar-refractivity contribution >= 4 is 14.2 Å². The first-order chi connectivity index (χ1) is 7.79. The molecule has 9 heteroatoms. The zero-order chi connectivity index (χ0) is 14.8. The molecular weight excluding hydrogens is 277 g/mol. The third-order valence-corrected chi connectivity index (χ3v) is 3.00. The first kappa shape index (κ1) is 17.3. The highest BCUT2D eigenvalue weighted by Gasteiger charge is 2.64. The van der Waals surface area contributed by atoms with Crippen molar-refractivity contribution in [1.29, 1.82) is 0 Å². The third-order valence-electron chi connectivity index (χ3n) is 1.93. The van der Waals surface area contributed by atoms with E-state index in [1.165, 1.54) is 0 Å². The van der Waals surface area contributed by atoms with Gasteiger partial charge in [-0.3, -0.25) is 4.79 Å². The lowest BCUT2D eigenvalue weighted by Crippen LogP contribution is -2.51. The Morgan fingerprint density at radius 1 is 1.17 bits per heavy atom. The maximum absolute atomic E-state index is 12.7. The van der Waals surface area contributed by atoms with Gasteiger partial charge in [-0.15, -0.1) is 0 Å². The van der Waals surface area contributed by atoms with Gasteiger partial charge in [0.2, 0.25) is 0 Å². The quantitative estimate of drug-likeness (QED) is 0.576. The van der Waals surface area contributed by atoms with Crippen LogP contribution in [0, 0.1) is 0 Å². The summed E-state index contributed by atoms with van der Waals surface area (Å²) in [5, 5.41) is 0. The molecule has 108 valence electrons. The van der Waals surface area contributed by atoms with Gasteiger partial charge in [0.15, 0.2) is 8.32 Å². The minimum atomic E-state index is -5.88. The minimum absolute atomic E-state index is 0.0636. The lowest BCUT2D eigenvalue weighted by atomic mass is 10.3. The highest BCUT2D eigenvalue weighted by molar-refractivity contribution is 6.69. The molecule has 0 aromatic rings. The number of rotatable bonds is 5. The van der Waals surface area contributed by atoms with E-state index in [1.54, 1.807) is 0 Å². The summed E-state index contributed by atoms with van der Waals surface area (Å²) in [5.74, 6) is -7.63. The molecule has 0 bridgehead atoms. The van der Waals surface area contributed by atoms with Gasteiger partial charge in [0, 0.05) is 13.6 Å². The molecule has 0 saturated carbocycles. The van der Waals surface area contributed by atoms with Crippen LogP contribution in [0.5, 0.6) is 0 Å². The number of nitrogens with zero attached hydrogens (tertiary/aromatic N) is 1. The average Bonchev–Trinajstić information content (AvgIpc) is 2.12. The molecular formula is C9H16F5NO2Si. The lowest BCUT2D eigenvalue weighted by Gasteiger charge is -2.26. The molecule has 3 nitrogen and oxygen atoms in total. The van der Waals surface area contributed by atoms with Gasteiger partial charge in [-0.05, 0) is 19.6 Å². The Hall–Kier alpha value is -0.703. The predicted octanol–water partition coefficient (Wildman–Crippen LogP) is 2.49. The summed E-state index contributed by atoms with van der Waals surface area (Å²) in [6.45, 7) is 5.12. The summed E-state index contributed by atoms with van der Waals surface area (Å²) in [7, 11) is -1.00. The van der Waals surface area contributed by atoms with Crippen molar-refractivity contribution in [3.8, 4) is 0 Å². The molecule has 1 amide bonds. The van der Waals surface area contributed by atoms with Crippen molar-refractivity contribution in [2.75, 3.05) is 20.2 Å². The number of hydrogen-bond acceptors (Lipinski definition) is 2. The zero-order valence-electron chi connectivity index (χ0n) is 10.6. The average molecular weight is 293 g/mol. The molecule has 18 heavy (non-hydrogen) atoms. The zero-order valence-corrected chi connectivity index (χ0v) is 11.6. The Labute approximate surface area is 103 Å². The molecule has 0 radical (unpaired) electrons. The maximum atomic E-state index is 12.7. The van der Waals surface area contributed by atoms with Crippen molar-refractivity contribution in [1.82, 2.24) is 4.90 Å². The molecule has 0 atom stereocenters. The van der Waals surface area contributed by atoms with E-state index in [1.807, 2.05) is 19.6 Å². The Bertz CT molecular complexity index is 300. The number of amides is 1. The molecule has 0 unspecified atom stereocenters. The second kappa shape index (κ2) is 5.51. The maximum Gasteiger partial charge on any atom is 0.463 e. The second-order valence-electron chi connectivity index (χ2n) is 4.76. The lowest BCUT2D eigenvalue weighted by molar-refractivity contribution is -0.274. The van der Waals surface area contributed by atoms with E-state index in [-0.39, 0.29) is 13.2 Å². The van der Waals surface area contributed by atoms with Gasteiger partial charge in [-0.1, -0.05) is 0 Å². The topological polar surface area (TPSA) is 29.5 Å². The van der Waals surface area contributed by atoms with Crippen molar-refractivity contribution in [2.45, 2.75) is 31.7 Å². The molecule has 0 fully saturated rings. The van der Waals surface area contributed by atoms with E-state index in [0.717, 1.165) is 7.05 Å². The van der Waals surface area contributed by atoms with E-state index in [9.17, 15) is 26.7 Å². The largest absolute Gasteiger partial charge is 0.463 e. The van der Waals surface area contributed by atoms with Gasteiger partial charge in [0.05, 0.1) is 6.61 Å². The molecule has 0 aromatic heterocycles. The molecule has 0 aromatic carbocycles. The fourth-order valence-electron chi connectivity index (χ4n) is 0.951. The number of alkyl halides is 5. The van der Waals surface area contributed by atoms with Crippen molar-refractivity contribution in [3.05, 3.63) is 0 Å². The highest BCUT2D eigenvalue weighted by atomic mass is 28.4. The third kappa shape index (κ3) is 4.89. The number of likely N-dealkylation sites (N-methyl/N-ethyl adjacent to an activating group) is 1. The Balaban J connectivity index is 4.45. The highest BCUT2D eigenvalue weighted by Crippen LogP contribution is 2.36. The number of carbonyl (C=O) groups excluding carboxylic acids is 1. The van der Waals surface area contributed by atoms with Crippen LogP contribution >= 0.6 is 0 Å². The molecule has 0 aliphatic rings. The molecule has 0 aliphatic carbocycles. The van der Waals surface area contributed by atoms with E-state index < -0.39 is 26.3 Å². The molecule has 0 saturated heterocycles. The van der Waals surface area contributed by atoms with Crippen molar-refractivity contribution in [2.24, 2.45) is 0 Å². The Morgan fingerprint density at radius 3 is 1.94 bits per heavy atom. The minimum Gasteiger partial charge on any atom is -0.416 e. The van der Waals surface area contributed by atoms with E-state index >= 15 is 0 Å². The van der Waals surface area contributed by atoms with E-state index in [0.29, 0.717) is 4.90 Å². The summed E-state index contributed by atoms with van der Waals surface area (Å²) in [6, 6.07) is 0. The van der Waals surface area contributed by atoms with Gasteiger partial charge >= 0.3 is 18.0 Å². The van der Waals surface area contributed by atoms with Gasteiger partial charge in [0.25, 0.3) is 0 Å². The molecule has 0 rings (SSSR count). The first-order valence-corrected chi connectivity index (χ1v) is 8.54. The summed E-state index contributed by atoms with van der Waals surface area (Å²) in [6.07, 6.45) is -5.88.